The van der Waals surface area contributed by atoms with Crippen LogP contribution in [0, 0.1) is 17.0 Å². The van der Waals surface area contributed by atoms with Gasteiger partial charge in [0.15, 0.2) is 0 Å². The number of benzene rings is 3. The summed E-state index contributed by atoms with van der Waals surface area (Å²) in [5.41, 5.74) is -0.977. The Morgan fingerprint density at radius 2 is 1.67 bits per heavy atom. The van der Waals surface area contributed by atoms with Gasteiger partial charge in [-0.25, -0.2) is 0 Å². The van der Waals surface area contributed by atoms with Crippen molar-refractivity contribution < 1.29 is 27.7 Å². The Morgan fingerprint density at radius 1 is 0.970 bits per heavy atom. The second kappa shape index (κ2) is 9.29. The van der Waals surface area contributed by atoms with Crippen molar-refractivity contribution in [3.8, 4) is 0 Å². The average Bonchev–Trinajstić information content (AvgIpc) is 2.75. The number of nitrogens with one attached hydrogen (secondary N) is 2. The largest absolute Gasteiger partial charge is 0.416 e. The fourth-order valence-corrected chi connectivity index (χ4v) is 3.19. The Kier molecular flexibility index (Phi) is 6.68. The third-order valence-corrected chi connectivity index (χ3v) is 4.91. The highest BCUT2D eigenvalue weighted by Crippen LogP contribution is 2.31. The molecule has 2 N–H and O–H groups in total. The molecule has 33 heavy (non-hydrogen) atoms. The Labute approximate surface area is 190 Å². The second-order valence-corrected chi connectivity index (χ2v) is 7.32. The third-order valence-electron chi connectivity index (χ3n) is 4.61. The number of alkyl halides is 3. The molecular weight excluding hydrogens is 463 g/mol. The van der Waals surface area contributed by atoms with Crippen molar-refractivity contribution >= 4 is 40.5 Å². The van der Waals surface area contributed by atoms with Crippen LogP contribution in [-0.2, 0) is 6.18 Å². The van der Waals surface area contributed by atoms with E-state index in [1.807, 2.05) is 0 Å². The van der Waals surface area contributed by atoms with Gasteiger partial charge < -0.3 is 10.6 Å². The maximum absolute atomic E-state index is 12.9. The summed E-state index contributed by atoms with van der Waals surface area (Å²) in [5, 5.41) is 16.1. The highest BCUT2D eigenvalue weighted by molar-refractivity contribution is 6.33. The molecule has 170 valence electrons. The summed E-state index contributed by atoms with van der Waals surface area (Å²) >= 11 is 5.84. The van der Waals surface area contributed by atoms with Crippen LogP contribution in [0.5, 0.6) is 0 Å². The van der Waals surface area contributed by atoms with Gasteiger partial charge in [0.05, 0.1) is 10.5 Å². The Bertz CT molecular complexity index is 1260. The van der Waals surface area contributed by atoms with Crippen LogP contribution in [0.25, 0.3) is 0 Å². The first-order valence-corrected chi connectivity index (χ1v) is 9.68. The SMILES string of the molecule is Cc1ccc(NC(=O)c2cccc(C(F)(F)F)c2)cc1NC(=O)c1cccc(Cl)c1[N+](=O)[O-]. The number of halogens is 4. The van der Waals surface area contributed by atoms with E-state index in [0.29, 0.717) is 5.56 Å². The molecule has 3 aromatic carbocycles. The molecule has 7 nitrogen and oxygen atoms in total. The van der Waals surface area contributed by atoms with Crippen LogP contribution in [0.15, 0.2) is 60.7 Å². The summed E-state index contributed by atoms with van der Waals surface area (Å²) in [6.45, 7) is 1.65. The molecule has 0 heterocycles. The van der Waals surface area contributed by atoms with Crippen molar-refractivity contribution in [3.05, 3.63) is 98.1 Å². The molecule has 0 aliphatic heterocycles. The van der Waals surface area contributed by atoms with Gasteiger partial charge in [0.1, 0.15) is 10.6 Å². The van der Waals surface area contributed by atoms with Crippen LogP contribution >= 0.6 is 11.6 Å². The number of nitro groups is 1. The number of carbonyl (C=O) groups is 2. The van der Waals surface area contributed by atoms with Crippen LogP contribution in [0.4, 0.5) is 30.2 Å². The van der Waals surface area contributed by atoms with E-state index in [1.54, 1.807) is 13.0 Å². The van der Waals surface area contributed by atoms with E-state index in [2.05, 4.69) is 10.6 Å². The van der Waals surface area contributed by atoms with Gasteiger partial charge in [-0.3, -0.25) is 19.7 Å². The van der Waals surface area contributed by atoms with Crippen LogP contribution in [0.3, 0.4) is 0 Å². The molecule has 0 aliphatic carbocycles. The molecule has 11 heteroatoms. The normalized spacial score (nSPS) is 11.1. The number of para-hydroxylation sites is 1. The van der Waals surface area contributed by atoms with E-state index in [9.17, 15) is 32.9 Å². The first-order valence-electron chi connectivity index (χ1n) is 9.31. The zero-order valence-electron chi connectivity index (χ0n) is 16.9. The van der Waals surface area contributed by atoms with E-state index < -0.39 is 34.2 Å². The molecule has 0 saturated heterocycles. The summed E-state index contributed by atoms with van der Waals surface area (Å²) < 4.78 is 38.7. The summed E-state index contributed by atoms with van der Waals surface area (Å²) in [6, 6.07) is 12.3. The van der Waals surface area contributed by atoms with E-state index in [1.165, 1.54) is 36.4 Å². The van der Waals surface area contributed by atoms with E-state index in [-0.39, 0.29) is 27.5 Å². The number of hydrogen-bond acceptors (Lipinski definition) is 4. The number of nitrogens with zero attached hydrogens (tertiary/aromatic N) is 1. The predicted molar refractivity (Wildman–Crippen MR) is 117 cm³/mol. The second-order valence-electron chi connectivity index (χ2n) is 6.91. The summed E-state index contributed by atoms with van der Waals surface area (Å²) in [7, 11) is 0. The van der Waals surface area contributed by atoms with Gasteiger partial charge in [-0.2, -0.15) is 13.2 Å². The van der Waals surface area contributed by atoms with Gasteiger partial charge >= 0.3 is 11.9 Å². The first-order chi connectivity index (χ1) is 15.5. The van der Waals surface area contributed by atoms with Gasteiger partial charge in [-0.15, -0.1) is 0 Å². The highest BCUT2D eigenvalue weighted by atomic mass is 35.5. The molecule has 0 aliphatic rings. The van der Waals surface area contributed by atoms with Gasteiger partial charge in [0.2, 0.25) is 0 Å². The fourth-order valence-electron chi connectivity index (χ4n) is 2.95. The number of hydrogen-bond donors (Lipinski definition) is 2. The van der Waals surface area contributed by atoms with Crippen molar-refractivity contribution in [1.82, 2.24) is 0 Å². The van der Waals surface area contributed by atoms with Gasteiger partial charge in [-0.1, -0.05) is 29.8 Å². The standard InChI is InChI=1S/C22H15ClF3N3O4/c1-12-8-9-15(27-20(30)13-4-2-5-14(10-13)22(24,25)26)11-18(12)28-21(31)16-6-3-7-17(23)19(16)29(32)33/h2-11H,1H3,(H,27,30)(H,28,31). The number of amides is 2. The minimum absolute atomic E-state index is 0.193. The van der Waals surface area contributed by atoms with Gasteiger partial charge in [0, 0.05) is 16.9 Å². The Hall–Kier alpha value is -3.92. The maximum Gasteiger partial charge on any atom is 0.416 e. The lowest BCUT2D eigenvalue weighted by Gasteiger charge is -2.13. The average molecular weight is 478 g/mol. The fraction of sp³-hybridized carbons (Fsp3) is 0.0909. The molecule has 0 unspecified atom stereocenters. The number of carbonyl (C=O) groups excluding carboxylic acids is 2. The molecule has 3 rings (SSSR count). The molecule has 3 aromatic rings. The lowest BCUT2D eigenvalue weighted by Crippen LogP contribution is -2.16. The van der Waals surface area contributed by atoms with Crippen molar-refractivity contribution in [2.24, 2.45) is 0 Å². The molecule has 0 saturated carbocycles. The Morgan fingerprint density at radius 3 is 2.33 bits per heavy atom. The summed E-state index contributed by atoms with van der Waals surface area (Å²) in [4.78, 5) is 35.6. The Balaban J connectivity index is 1.84. The highest BCUT2D eigenvalue weighted by Gasteiger charge is 2.31. The number of rotatable bonds is 5. The molecule has 0 bridgehead atoms. The topological polar surface area (TPSA) is 101 Å². The minimum atomic E-state index is -4.60. The number of aryl methyl sites for hydroxylation is 1. The van der Waals surface area contributed by atoms with Crippen molar-refractivity contribution in [3.63, 3.8) is 0 Å². The van der Waals surface area contributed by atoms with Crippen molar-refractivity contribution in [1.29, 1.82) is 0 Å². The lowest BCUT2D eigenvalue weighted by molar-refractivity contribution is -0.385. The van der Waals surface area contributed by atoms with Crippen molar-refractivity contribution in [2.75, 3.05) is 10.6 Å². The third kappa shape index (κ3) is 5.47. The van der Waals surface area contributed by atoms with Crippen molar-refractivity contribution in [2.45, 2.75) is 13.1 Å². The first kappa shape index (κ1) is 23.7. The smallest absolute Gasteiger partial charge is 0.322 e. The maximum atomic E-state index is 12.9. The zero-order chi connectivity index (χ0) is 24.3. The minimum Gasteiger partial charge on any atom is -0.322 e. The zero-order valence-corrected chi connectivity index (χ0v) is 17.6. The van der Waals surface area contributed by atoms with Crippen LogP contribution in [0.2, 0.25) is 5.02 Å². The van der Waals surface area contributed by atoms with E-state index in [4.69, 9.17) is 11.6 Å². The van der Waals surface area contributed by atoms with Crippen LogP contribution < -0.4 is 10.6 Å². The number of nitro benzene ring substituents is 1. The molecule has 0 atom stereocenters. The monoisotopic (exact) mass is 477 g/mol. The predicted octanol–water partition coefficient (Wildman–Crippen LogP) is 6.08. The molecule has 0 spiro atoms. The van der Waals surface area contributed by atoms with E-state index in [0.717, 1.165) is 18.2 Å². The molecular formula is C22H15ClF3N3O4. The molecule has 0 radical (unpaired) electrons. The molecule has 0 fully saturated rings. The quantitative estimate of drug-likeness (QED) is 0.343. The van der Waals surface area contributed by atoms with E-state index >= 15 is 0 Å². The molecule has 0 aromatic heterocycles. The summed E-state index contributed by atoms with van der Waals surface area (Å²) in [6.07, 6.45) is -4.60. The number of anilines is 2. The van der Waals surface area contributed by atoms with Gasteiger partial charge in [-0.05, 0) is 55.0 Å². The van der Waals surface area contributed by atoms with Gasteiger partial charge in [0.25, 0.3) is 11.8 Å². The molecule has 2 amide bonds. The lowest BCUT2D eigenvalue weighted by atomic mass is 10.1. The van der Waals surface area contributed by atoms with Crippen LogP contribution in [0.1, 0.15) is 31.8 Å². The van der Waals surface area contributed by atoms with Crippen LogP contribution in [-0.4, -0.2) is 16.7 Å². The summed E-state index contributed by atoms with van der Waals surface area (Å²) in [5.74, 6) is -1.58.